The second-order valence-corrected chi connectivity index (χ2v) is 5.56. The van der Waals surface area contributed by atoms with E-state index in [2.05, 4.69) is 10.3 Å². The smallest absolute Gasteiger partial charge is 0.223 e. The fraction of sp³-hybridized carbons (Fsp3) is 0.235. The van der Waals surface area contributed by atoms with Gasteiger partial charge in [-0.3, -0.25) is 14.6 Å². The van der Waals surface area contributed by atoms with Crippen molar-refractivity contribution in [1.29, 1.82) is 0 Å². The van der Waals surface area contributed by atoms with Crippen LogP contribution in [0.5, 0.6) is 0 Å². The van der Waals surface area contributed by atoms with Crippen LogP contribution in [0.4, 0.5) is 10.1 Å². The lowest BCUT2D eigenvalue weighted by Gasteiger charge is -2.21. The third kappa shape index (κ3) is 5.03. The molecule has 0 bridgehead atoms. The molecule has 2 aromatic rings. The van der Waals surface area contributed by atoms with Gasteiger partial charge in [0.15, 0.2) is 0 Å². The highest BCUT2D eigenvalue weighted by Crippen LogP contribution is 2.23. The average Bonchev–Trinajstić information content (AvgIpc) is 2.57. The Balaban J connectivity index is 1.92. The molecule has 0 aliphatic rings. The molecule has 0 saturated heterocycles. The van der Waals surface area contributed by atoms with Crippen molar-refractivity contribution in [2.24, 2.45) is 0 Å². The predicted molar refractivity (Wildman–Crippen MR) is 90.1 cm³/mol. The van der Waals surface area contributed by atoms with Crippen LogP contribution in [0.15, 0.2) is 42.7 Å². The standard InChI is InChI=1S/C17H17ClFN3O2/c1-12(23)22(14-4-5-16(19)15(18)9-14)8-6-17(24)21-11-13-3-2-7-20-10-13/h2-5,7,9-10H,6,8,11H2,1H3,(H,21,24). The van der Waals surface area contributed by atoms with E-state index < -0.39 is 5.82 Å². The number of carbonyl (C=O) groups excluding carboxylic acids is 2. The van der Waals surface area contributed by atoms with Crippen LogP contribution < -0.4 is 10.2 Å². The Morgan fingerprint density at radius 2 is 2.12 bits per heavy atom. The Morgan fingerprint density at radius 1 is 1.33 bits per heavy atom. The van der Waals surface area contributed by atoms with Gasteiger partial charge in [0.1, 0.15) is 5.82 Å². The first-order valence-electron chi connectivity index (χ1n) is 7.36. The molecule has 1 N–H and O–H groups in total. The second-order valence-electron chi connectivity index (χ2n) is 5.16. The minimum Gasteiger partial charge on any atom is -0.352 e. The summed E-state index contributed by atoms with van der Waals surface area (Å²) in [6, 6.07) is 7.66. The molecule has 0 fully saturated rings. The normalized spacial score (nSPS) is 10.3. The van der Waals surface area contributed by atoms with Gasteiger partial charge in [-0.1, -0.05) is 17.7 Å². The fourth-order valence-corrected chi connectivity index (χ4v) is 2.30. The van der Waals surface area contributed by atoms with Crippen molar-refractivity contribution in [1.82, 2.24) is 10.3 Å². The summed E-state index contributed by atoms with van der Waals surface area (Å²) < 4.78 is 13.2. The van der Waals surface area contributed by atoms with Gasteiger partial charge in [0.05, 0.1) is 5.02 Å². The lowest BCUT2D eigenvalue weighted by atomic mass is 10.2. The van der Waals surface area contributed by atoms with Gasteiger partial charge in [0.25, 0.3) is 0 Å². The number of hydrogen-bond donors (Lipinski definition) is 1. The van der Waals surface area contributed by atoms with Crippen molar-refractivity contribution in [3.8, 4) is 0 Å². The summed E-state index contributed by atoms with van der Waals surface area (Å²) in [6.45, 7) is 1.93. The first kappa shape index (κ1) is 17.9. The summed E-state index contributed by atoms with van der Waals surface area (Å²) >= 11 is 5.74. The van der Waals surface area contributed by atoms with E-state index >= 15 is 0 Å². The third-order valence-corrected chi connectivity index (χ3v) is 3.66. The number of nitrogens with one attached hydrogen (secondary N) is 1. The molecule has 0 aliphatic heterocycles. The topological polar surface area (TPSA) is 62.3 Å². The number of amides is 2. The minimum absolute atomic E-state index is 0.0696. The van der Waals surface area contributed by atoms with Gasteiger partial charge in [-0.05, 0) is 29.8 Å². The number of aromatic nitrogens is 1. The van der Waals surface area contributed by atoms with Gasteiger partial charge in [-0.15, -0.1) is 0 Å². The van der Waals surface area contributed by atoms with Crippen LogP contribution in [0.25, 0.3) is 0 Å². The molecule has 0 radical (unpaired) electrons. The lowest BCUT2D eigenvalue weighted by molar-refractivity contribution is -0.121. The number of pyridine rings is 1. The maximum Gasteiger partial charge on any atom is 0.223 e. The molecule has 5 nitrogen and oxygen atoms in total. The highest BCUT2D eigenvalue weighted by atomic mass is 35.5. The Morgan fingerprint density at radius 3 is 2.75 bits per heavy atom. The van der Waals surface area contributed by atoms with Crippen LogP contribution in [-0.4, -0.2) is 23.3 Å². The van der Waals surface area contributed by atoms with Crippen LogP contribution in [-0.2, 0) is 16.1 Å². The average molecular weight is 350 g/mol. The molecule has 1 aromatic heterocycles. The van der Waals surface area contributed by atoms with Crippen molar-refractivity contribution in [2.45, 2.75) is 19.9 Å². The van der Waals surface area contributed by atoms with Gasteiger partial charge in [-0.2, -0.15) is 0 Å². The van der Waals surface area contributed by atoms with Crippen molar-refractivity contribution >= 4 is 29.1 Å². The van der Waals surface area contributed by atoms with E-state index in [4.69, 9.17) is 11.6 Å². The van der Waals surface area contributed by atoms with Crippen molar-refractivity contribution < 1.29 is 14.0 Å². The van der Waals surface area contributed by atoms with Gasteiger partial charge in [0.2, 0.25) is 11.8 Å². The molecule has 0 saturated carbocycles. The Bertz CT molecular complexity index is 725. The molecule has 0 aliphatic carbocycles. The molecule has 126 valence electrons. The number of anilines is 1. The molecule has 2 rings (SSSR count). The van der Waals surface area contributed by atoms with Gasteiger partial charge >= 0.3 is 0 Å². The van der Waals surface area contributed by atoms with Gasteiger partial charge < -0.3 is 10.2 Å². The summed E-state index contributed by atoms with van der Waals surface area (Å²) in [5, 5.41) is 2.69. The molecular weight excluding hydrogens is 333 g/mol. The first-order valence-corrected chi connectivity index (χ1v) is 7.74. The third-order valence-electron chi connectivity index (χ3n) is 3.37. The Hall–Kier alpha value is -2.47. The number of halogens is 2. The number of rotatable bonds is 6. The van der Waals surface area contributed by atoms with E-state index in [-0.39, 0.29) is 29.8 Å². The summed E-state index contributed by atoms with van der Waals surface area (Å²) in [5.41, 5.74) is 1.34. The molecule has 0 spiro atoms. The molecule has 2 amide bonds. The minimum atomic E-state index is -0.557. The fourth-order valence-electron chi connectivity index (χ4n) is 2.13. The van der Waals surface area contributed by atoms with E-state index in [9.17, 15) is 14.0 Å². The monoisotopic (exact) mass is 349 g/mol. The molecule has 7 heteroatoms. The van der Waals surface area contributed by atoms with Gasteiger partial charge in [0, 0.05) is 44.5 Å². The highest BCUT2D eigenvalue weighted by molar-refractivity contribution is 6.31. The number of nitrogens with zero attached hydrogens (tertiary/aromatic N) is 2. The number of carbonyl (C=O) groups is 2. The molecule has 1 aromatic carbocycles. The zero-order valence-corrected chi connectivity index (χ0v) is 13.9. The van der Waals surface area contributed by atoms with Crippen LogP contribution in [0.3, 0.4) is 0 Å². The summed E-state index contributed by atoms with van der Waals surface area (Å²) in [7, 11) is 0. The number of benzene rings is 1. The lowest BCUT2D eigenvalue weighted by Crippen LogP contribution is -2.33. The van der Waals surface area contributed by atoms with E-state index in [0.717, 1.165) is 5.56 Å². The molecule has 24 heavy (non-hydrogen) atoms. The summed E-state index contributed by atoms with van der Waals surface area (Å²) in [4.78, 5) is 29.1. The van der Waals surface area contributed by atoms with Crippen molar-refractivity contribution in [3.63, 3.8) is 0 Å². The second kappa shape index (κ2) is 8.40. The van der Waals surface area contributed by atoms with Crippen molar-refractivity contribution in [2.75, 3.05) is 11.4 Å². The van der Waals surface area contributed by atoms with E-state index in [0.29, 0.717) is 12.2 Å². The highest BCUT2D eigenvalue weighted by Gasteiger charge is 2.15. The maximum absolute atomic E-state index is 13.2. The Kier molecular flexibility index (Phi) is 6.26. The zero-order chi connectivity index (χ0) is 17.5. The molecule has 0 unspecified atom stereocenters. The molecular formula is C17H17ClFN3O2. The first-order chi connectivity index (χ1) is 11.5. The van der Waals surface area contributed by atoms with Crippen LogP contribution >= 0.6 is 11.6 Å². The van der Waals surface area contributed by atoms with Crippen molar-refractivity contribution in [3.05, 3.63) is 59.1 Å². The largest absolute Gasteiger partial charge is 0.352 e. The zero-order valence-electron chi connectivity index (χ0n) is 13.1. The Labute approximate surface area is 144 Å². The SMILES string of the molecule is CC(=O)N(CCC(=O)NCc1cccnc1)c1ccc(F)c(Cl)c1. The van der Waals surface area contributed by atoms with Gasteiger partial charge in [-0.25, -0.2) is 4.39 Å². The summed E-state index contributed by atoms with van der Waals surface area (Å²) in [5.74, 6) is -1.01. The maximum atomic E-state index is 13.2. The molecule has 1 heterocycles. The predicted octanol–water partition coefficient (Wildman–Crippen LogP) is 2.93. The van der Waals surface area contributed by atoms with E-state index in [1.807, 2.05) is 6.07 Å². The van der Waals surface area contributed by atoms with Crippen LogP contribution in [0, 0.1) is 5.82 Å². The van der Waals surface area contributed by atoms with E-state index in [1.54, 1.807) is 18.5 Å². The van der Waals surface area contributed by atoms with Crippen LogP contribution in [0.1, 0.15) is 18.9 Å². The summed E-state index contributed by atoms with van der Waals surface area (Å²) in [6.07, 6.45) is 3.45. The number of hydrogen-bond acceptors (Lipinski definition) is 3. The van der Waals surface area contributed by atoms with E-state index in [1.165, 1.54) is 30.0 Å². The van der Waals surface area contributed by atoms with Crippen LogP contribution in [0.2, 0.25) is 5.02 Å². The quantitative estimate of drug-likeness (QED) is 0.872. The molecule has 0 atom stereocenters.